The number of nitrogens with one attached hydrogen (secondary N) is 1. The summed E-state index contributed by atoms with van der Waals surface area (Å²) >= 11 is 0. The van der Waals surface area contributed by atoms with E-state index in [0.717, 1.165) is 18.5 Å². The maximum atomic E-state index is 13.3. The van der Waals surface area contributed by atoms with Crippen LogP contribution in [0.4, 0.5) is 10.1 Å². The van der Waals surface area contributed by atoms with Gasteiger partial charge in [-0.3, -0.25) is 0 Å². The van der Waals surface area contributed by atoms with Crippen molar-refractivity contribution in [1.82, 2.24) is 0 Å². The highest BCUT2D eigenvalue weighted by atomic mass is 19.1. The molecule has 1 aromatic rings. The number of ether oxygens (including phenoxy) is 1. The van der Waals surface area contributed by atoms with E-state index in [-0.39, 0.29) is 11.6 Å². The zero-order chi connectivity index (χ0) is 10.8. The monoisotopic (exact) mass is 210 g/mol. The van der Waals surface area contributed by atoms with Gasteiger partial charge in [0.1, 0.15) is 0 Å². The molecule has 1 fully saturated rings. The fraction of sp³-hybridized carbons (Fsp3) is 0.455. The van der Waals surface area contributed by atoms with Crippen molar-refractivity contribution in [1.29, 1.82) is 0 Å². The van der Waals surface area contributed by atoms with Gasteiger partial charge in [-0.1, -0.05) is 0 Å². The van der Waals surface area contributed by atoms with Crippen LogP contribution in [0.25, 0.3) is 0 Å². The predicted octanol–water partition coefficient (Wildman–Crippen LogP) is 1.74. The average Bonchev–Trinajstić information content (AvgIpc) is 2.16. The molecule has 0 aromatic heterocycles. The number of rotatable bonds is 3. The Kier molecular flexibility index (Phi) is 2.77. The summed E-state index contributed by atoms with van der Waals surface area (Å²) in [4.78, 5) is 0. The second-order valence-electron chi connectivity index (χ2n) is 3.92. The summed E-state index contributed by atoms with van der Waals surface area (Å²) in [7, 11) is 1.45. The van der Waals surface area contributed by atoms with Gasteiger partial charge in [-0.15, -0.1) is 0 Å². The van der Waals surface area contributed by atoms with E-state index in [9.17, 15) is 4.39 Å². The van der Waals surface area contributed by atoms with E-state index in [0.29, 0.717) is 12.1 Å². The van der Waals surface area contributed by atoms with Gasteiger partial charge in [-0.25, -0.2) is 4.39 Å². The number of halogens is 1. The zero-order valence-corrected chi connectivity index (χ0v) is 8.66. The van der Waals surface area contributed by atoms with Crippen LogP contribution < -0.4 is 15.8 Å². The minimum Gasteiger partial charge on any atom is -0.494 e. The number of benzene rings is 1. The molecule has 1 aliphatic carbocycles. The summed E-state index contributed by atoms with van der Waals surface area (Å²) < 4.78 is 18.1. The van der Waals surface area contributed by atoms with Gasteiger partial charge < -0.3 is 15.8 Å². The number of methoxy groups -OCH3 is 1. The van der Waals surface area contributed by atoms with E-state index in [4.69, 9.17) is 10.5 Å². The van der Waals surface area contributed by atoms with Crippen molar-refractivity contribution in [3.63, 3.8) is 0 Å². The third-order valence-corrected chi connectivity index (χ3v) is 2.70. The molecular formula is C11H15FN2O. The van der Waals surface area contributed by atoms with Crippen molar-refractivity contribution in [3.05, 3.63) is 24.0 Å². The Bertz CT molecular complexity index is 350. The smallest absolute Gasteiger partial charge is 0.167 e. The van der Waals surface area contributed by atoms with Crippen molar-refractivity contribution in [2.24, 2.45) is 5.73 Å². The van der Waals surface area contributed by atoms with E-state index < -0.39 is 0 Å². The highest BCUT2D eigenvalue weighted by molar-refractivity contribution is 5.48. The minimum absolute atomic E-state index is 0.269. The Morgan fingerprint density at radius 1 is 1.47 bits per heavy atom. The third kappa shape index (κ3) is 2.21. The lowest BCUT2D eigenvalue weighted by Gasteiger charge is -2.33. The number of anilines is 1. The van der Waals surface area contributed by atoms with Gasteiger partial charge in [-0.05, 0) is 25.0 Å². The van der Waals surface area contributed by atoms with Gasteiger partial charge in [-0.2, -0.15) is 0 Å². The summed E-state index contributed by atoms with van der Waals surface area (Å²) in [6, 6.07) is 5.56. The molecule has 0 amide bonds. The quantitative estimate of drug-likeness (QED) is 0.798. The number of hydrogen-bond donors (Lipinski definition) is 2. The summed E-state index contributed by atoms with van der Waals surface area (Å²) in [6.07, 6.45) is 1.90. The van der Waals surface area contributed by atoms with Crippen LogP contribution in [0.2, 0.25) is 0 Å². The molecule has 1 saturated carbocycles. The van der Waals surface area contributed by atoms with Crippen LogP contribution in [0.3, 0.4) is 0 Å². The summed E-state index contributed by atoms with van der Waals surface area (Å²) in [5.41, 5.74) is 6.45. The van der Waals surface area contributed by atoms with Crippen molar-refractivity contribution >= 4 is 5.69 Å². The lowest BCUT2D eigenvalue weighted by atomic mass is 9.87. The molecule has 0 unspecified atom stereocenters. The zero-order valence-electron chi connectivity index (χ0n) is 8.66. The molecule has 1 aliphatic rings. The fourth-order valence-electron chi connectivity index (χ4n) is 1.77. The first-order valence-corrected chi connectivity index (χ1v) is 5.04. The maximum Gasteiger partial charge on any atom is 0.167 e. The van der Waals surface area contributed by atoms with E-state index in [1.807, 2.05) is 6.07 Å². The second kappa shape index (κ2) is 4.06. The van der Waals surface area contributed by atoms with Gasteiger partial charge >= 0.3 is 0 Å². The Balaban J connectivity index is 2.00. The van der Waals surface area contributed by atoms with Gasteiger partial charge in [0.15, 0.2) is 11.6 Å². The molecule has 0 radical (unpaired) electrons. The highest BCUT2D eigenvalue weighted by Gasteiger charge is 2.25. The summed E-state index contributed by atoms with van der Waals surface area (Å²) in [6.45, 7) is 0. The van der Waals surface area contributed by atoms with Gasteiger partial charge in [0.05, 0.1) is 7.11 Å². The minimum atomic E-state index is -0.342. The fourth-order valence-corrected chi connectivity index (χ4v) is 1.77. The van der Waals surface area contributed by atoms with Crippen molar-refractivity contribution in [2.45, 2.75) is 24.9 Å². The van der Waals surface area contributed by atoms with E-state index in [2.05, 4.69) is 5.32 Å². The molecule has 82 valence electrons. The van der Waals surface area contributed by atoms with Gasteiger partial charge in [0.2, 0.25) is 0 Å². The summed E-state index contributed by atoms with van der Waals surface area (Å²) in [5, 5.41) is 3.23. The molecule has 0 bridgehead atoms. The van der Waals surface area contributed by atoms with Crippen molar-refractivity contribution in [2.75, 3.05) is 12.4 Å². The molecule has 0 heterocycles. The van der Waals surface area contributed by atoms with Gasteiger partial charge in [0, 0.05) is 23.8 Å². The largest absolute Gasteiger partial charge is 0.494 e. The third-order valence-electron chi connectivity index (χ3n) is 2.70. The van der Waals surface area contributed by atoms with Crippen LogP contribution in [0, 0.1) is 5.82 Å². The number of nitrogens with two attached hydrogens (primary N) is 1. The van der Waals surface area contributed by atoms with Crippen LogP contribution in [0.5, 0.6) is 5.75 Å². The normalized spacial score (nSPS) is 24.5. The van der Waals surface area contributed by atoms with E-state index >= 15 is 0 Å². The molecular weight excluding hydrogens is 195 g/mol. The van der Waals surface area contributed by atoms with Crippen LogP contribution in [0.1, 0.15) is 12.8 Å². The molecule has 0 spiro atoms. The SMILES string of the molecule is COc1ccc(NC2CC(N)C2)cc1F. The molecule has 0 saturated heterocycles. The lowest BCUT2D eigenvalue weighted by molar-refractivity contribution is 0.372. The maximum absolute atomic E-state index is 13.3. The van der Waals surface area contributed by atoms with Crippen molar-refractivity contribution in [3.8, 4) is 5.75 Å². The Morgan fingerprint density at radius 2 is 2.20 bits per heavy atom. The van der Waals surface area contributed by atoms with E-state index in [1.54, 1.807) is 6.07 Å². The van der Waals surface area contributed by atoms with Crippen molar-refractivity contribution < 1.29 is 9.13 Å². The molecule has 2 rings (SSSR count). The first-order valence-electron chi connectivity index (χ1n) is 5.04. The first kappa shape index (κ1) is 10.2. The van der Waals surface area contributed by atoms with E-state index in [1.165, 1.54) is 13.2 Å². The average molecular weight is 210 g/mol. The topological polar surface area (TPSA) is 47.3 Å². The lowest BCUT2D eigenvalue weighted by Crippen LogP contribution is -2.44. The molecule has 0 atom stereocenters. The second-order valence-corrected chi connectivity index (χ2v) is 3.92. The van der Waals surface area contributed by atoms with Crippen LogP contribution in [-0.4, -0.2) is 19.2 Å². The molecule has 15 heavy (non-hydrogen) atoms. The Labute approximate surface area is 88.4 Å². The predicted molar refractivity (Wildman–Crippen MR) is 57.6 cm³/mol. The molecule has 4 heteroatoms. The molecule has 1 aromatic carbocycles. The van der Waals surface area contributed by atoms with Gasteiger partial charge in [0.25, 0.3) is 0 Å². The van der Waals surface area contributed by atoms with Crippen LogP contribution in [-0.2, 0) is 0 Å². The molecule has 3 N–H and O–H groups in total. The Morgan fingerprint density at radius 3 is 2.73 bits per heavy atom. The highest BCUT2D eigenvalue weighted by Crippen LogP contribution is 2.25. The first-order chi connectivity index (χ1) is 7.19. The standard InChI is InChI=1S/C11H15FN2O/c1-15-11-3-2-8(6-10(11)12)14-9-4-7(13)5-9/h2-3,6-7,9,14H,4-5,13H2,1H3. The van der Waals surface area contributed by atoms with Crippen LogP contribution >= 0.6 is 0 Å². The van der Waals surface area contributed by atoms with Crippen LogP contribution in [0.15, 0.2) is 18.2 Å². The molecule has 0 aliphatic heterocycles. The number of hydrogen-bond acceptors (Lipinski definition) is 3. The Hall–Kier alpha value is -1.29. The molecule has 3 nitrogen and oxygen atoms in total. The summed E-state index contributed by atoms with van der Waals surface area (Å²) in [5.74, 6) is -0.0722.